The second-order valence-corrected chi connectivity index (χ2v) is 6.82. The Kier molecular flexibility index (Phi) is 4.51. The molecule has 1 unspecified atom stereocenters. The third-order valence-electron chi connectivity index (χ3n) is 5.20. The summed E-state index contributed by atoms with van der Waals surface area (Å²) in [4.78, 5) is 25.9. The molecule has 1 saturated carbocycles. The van der Waals surface area contributed by atoms with E-state index in [1.165, 1.54) is 12.1 Å². The SMILES string of the molecule is CC(Oc1ccc(N2CCC3(CCC(=O)CC3)C2=O)cc1)C(F)(F)F. The predicted octanol–water partition coefficient (Wildman–Crippen LogP) is 3.88. The number of alkyl halides is 3. The molecule has 7 heteroatoms. The highest BCUT2D eigenvalue weighted by atomic mass is 19.4. The van der Waals surface area contributed by atoms with E-state index in [9.17, 15) is 22.8 Å². The molecule has 1 atom stereocenters. The van der Waals surface area contributed by atoms with Gasteiger partial charge in [0.05, 0.1) is 5.41 Å². The molecule has 2 aliphatic rings. The zero-order valence-electron chi connectivity index (χ0n) is 13.9. The van der Waals surface area contributed by atoms with Gasteiger partial charge in [-0.1, -0.05) is 0 Å². The number of carbonyl (C=O) groups is 2. The molecule has 1 heterocycles. The van der Waals surface area contributed by atoms with Crippen molar-refractivity contribution in [2.75, 3.05) is 11.4 Å². The number of hydrogen-bond donors (Lipinski definition) is 0. The van der Waals surface area contributed by atoms with Crippen LogP contribution in [0.4, 0.5) is 18.9 Å². The van der Waals surface area contributed by atoms with Crippen molar-refractivity contribution in [1.82, 2.24) is 0 Å². The van der Waals surface area contributed by atoms with Crippen LogP contribution in [0.2, 0.25) is 0 Å². The zero-order chi connectivity index (χ0) is 18.2. The number of carbonyl (C=O) groups excluding carboxylic acids is 2. The van der Waals surface area contributed by atoms with Crippen LogP contribution in [0.5, 0.6) is 5.75 Å². The molecule has 136 valence electrons. The summed E-state index contributed by atoms with van der Waals surface area (Å²) in [5.74, 6) is 0.327. The molecule has 1 aromatic carbocycles. The molecule has 0 N–H and O–H groups in total. The highest BCUT2D eigenvalue weighted by Crippen LogP contribution is 2.45. The Morgan fingerprint density at radius 2 is 1.68 bits per heavy atom. The van der Waals surface area contributed by atoms with E-state index in [0.29, 0.717) is 44.3 Å². The molecule has 0 radical (unpaired) electrons. The van der Waals surface area contributed by atoms with E-state index in [1.807, 2.05) is 0 Å². The third-order valence-corrected chi connectivity index (χ3v) is 5.20. The molecule has 0 bridgehead atoms. The fourth-order valence-electron chi connectivity index (χ4n) is 3.51. The maximum atomic E-state index is 12.8. The van der Waals surface area contributed by atoms with E-state index >= 15 is 0 Å². The number of Topliss-reactive ketones (excluding diaryl/α,β-unsaturated/α-hetero) is 1. The number of halogens is 3. The predicted molar refractivity (Wildman–Crippen MR) is 85.5 cm³/mol. The molecular weight excluding hydrogens is 335 g/mol. The van der Waals surface area contributed by atoms with E-state index in [1.54, 1.807) is 17.0 Å². The molecule has 3 rings (SSSR count). The molecular formula is C18H20F3NO3. The van der Waals surface area contributed by atoms with Gasteiger partial charge in [0.1, 0.15) is 11.5 Å². The van der Waals surface area contributed by atoms with Crippen molar-refractivity contribution in [2.45, 2.75) is 51.3 Å². The quantitative estimate of drug-likeness (QED) is 0.827. The van der Waals surface area contributed by atoms with Gasteiger partial charge in [-0.25, -0.2) is 0 Å². The van der Waals surface area contributed by atoms with Crippen molar-refractivity contribution in [1.29, 1.82) is 0 Å². The Morgan fingerprint density at radius 1 is 1.08 bits per heavy atom. The summed E-state index contributed by atoms with van der Waals surface area (Å²) in [5.41, 5.74) is 0.194. The minimum absolute atomic E-state index is 0.0114. The van der Waals surface area contributed by atoms with Crippen LogP contribution in [0.3, 0.4) is 0 Å². The normalized spacial score (nSPS) is 21.7. The van der Waals surface area contributed by atoms with Crippen molar-refractivity contribution < 1.29 is 27.5 Å². The first-order valence-electron chi connectivity index (χ1n) is 8.38. The third kappa shape index (κ3) is 3.50. The van der Waals surface area contributed by atoms with E-state index in [-0.39, 0.29) is 17.4 Å². The summed E-state index contributed by atoms with van der Waals surface area (Å²) in [6.07, 6.45) is -3.54. The summed E-state index contributed by atoms with van der Waals surface area (Å²) in [5, 5.41) is 0. The maximum absolute atomic E-state index is 12.8. The van der Waals surface area contributed by atoms with Gasteiger partial charge in [0, 0.05) is 25.1 Å². The number of ether oxygens (including phenoxy) is 1. The molecule has 25 heavy (non-hydrogen) atoms. The van der Waals surface area contributed by atoms with Gasteiger partial charge in [0.15, 0.2) is 6.10 Å². The van der Waals surface area contributed by atoms with Gasteiger partial charge < -0.3 is 9.64 Å². The second kappa shape index (κ2) is 6.35. The molecule has 1 aromatic rings. The molecule has 2 fully saturated rings. The standard InChI is InChI=1S/C18H20F3NO3/c1-12(18(19,20)21)25-15-4-2-13(3-5-15)22-11-10-17(16(22)24)8-6-14(23)7-9-17/h2-5,12H,6-11H2,1H3. The minimum atomic E-state index is -4.42. The van der Waals surface area contributed by atoms with E-state index in [0.717, 1.165) is 6.92 Å². The van der Waals surface area contributed by atoms with Crippen LogP contribution >= 0.6 is 0 Å². The number of hydrogen-bond acceptors (Lipinski definition) is 3. The fourth-order valence-corrected chi connectivity index (χ4v) is 3.51. The van der Waals surface area contributed by atoms with Gasteiger partial charge in [-0.05, 0) is 50.5 Å². The highest BCUT2D eigenvalue weighted by Gasteiger charge is 2.48. The summed E-state index contributed by atoms with van der Waals surface area (Å²) >= 11 is 0. The Bertz CT molecular complexity index is 659. The number of nitrogens with zero attached hydrogens (tertiary/aromatic N) is 1. The largest absolute Gasteiger partial charge is 0.481 e. The number of anilines is 1. The molecule has 4 nitrogen and oxygen atoms in total. The van der Waals surface area contributed by atoms with Crippen LogP contribution in [0.15, 0.2) is 24.3 Å². The first-order valence-corrected chi connectivity index (χ1v) is 8.38. The fraction of sp³-hybridized carbons (Fsp3) is 0.556. The summed E-state index contributed by atoms with van der Waals surface area (Å²) in [6, 6.07) is 6.09. The van der Waals surface area contributed by atoms with E-state index in [2.05, 4.69) is 0 Å². The van der Waals surface area contributed by atoms with E-state index < -0.39 is 17.7 Å². The van der Waals surface area contributed by atoms with Crippen molar-refractivity contribution in [3.63, 3.8) is 0 Å². The van der Waals surface area contributed by atoms with Crippen molar-refractivity contribution in [3.8, 4) is 5.75 Å². The average molecular weight is 355 g/mol. The van der Waals surface area contributed by atoms with Crippen molar-refractivity contribution >= 4 is 17.4 Å². The van der Waals surface area contributed by atoms with Crippen LogP contribution in [0.1, 0.15) is 39.0 Å². The Morgan fingerprint density at radius 3 is 2.24 bits per heavy atom. The molecule has 0 aromatic heterocycles. The highest BCUT2D eigenvalue weighted by molar-refractivity contribution is 6.01. The van der Waals surface area contributed by atoms with Gasteiger partial charge in [-0.3, -0.25) is 9.59 Å². The summed E-state index contributed by atoms with van der Waals surface area (Å²) < 4.78 is 42.5. The second-order valence-electron chi connectivity index (χ2n) is 6.82. The number of benzene rings is 1. The van der Waals surface area contributed by atoms with Crippen LogP contribution in [-0.2, 0) is 9.59 Å². The molecule has 1 aliphatic carbocycles. The first kappa shape index (κ1) is 17.8. The van der Waals surface area contributed by atoms with Crippen LogP contribution in [0, 0.1) is 5.41 Å². The van der Waals surface area contributed by atoms with Gasteiger partial charge in [-0.15, -0.1) is 0 Å². The number of amides is 1. The van der Waals surface area contributed by atoms with Crippen LogP contribution in [0.25, 0.3) is 0 Å². The number of ketones is 1. The Balaban J connectivity index is 1.69. The lowest BCUT2D eigenvalue weighted by Gasteiger charge is -2.31. The Hall–Kier alpha value is -2.05. The van der Waals surface area contributed by atoms with Gasteiger partial charge in [0.2, 0.25) is 5.91 Å². The van der Waals surface area contributed by atoms with Crippen molar-refractivity contribution in [2.24, 2.45) is 5.41 Å². The monoisotopic (exact) mass is 355 g/mol. The maximum Gasteiger partial charge on any atom is 0.425 e. The molecule has 1 spiro atoms. The topological polar surface area (TPSA) is 46.6 Å². The summed E-state index contributed by atoms with van der Waals surface area (Å²) in [7, 11) is 0. The van der Waals surface area contributed by atoms with Gasteiger partial charge in [0.25, 0.3) is 0 Å². The minimum Gasteiger partial charge on any atom is -0.481 e. The molecule has 1 aliphatic heterocycles. The number of rotatable bonds is 3. The first-order chi connectivity index (χ1) is 11.7. The molecule has 1 saturated heterocycles. The Labute approximate surface area is 143 Å². The average Bonchev–Trinajstić information content (AvgIpc) is 2.87. The lowest BCUT2D eigenvalue weighted by atomic mass is 9.72. The lowest BCUT2D eigenvalue weighted by molar-refractivity contribution is -0.189. The van der Waals surface area contributed by atoms with Gasteiger partial charge >= 0.3 is 6.18 Å². The molecule has 1 amide bonds. The lowest BCUT2D eigenvalue weighted by Crippen LogP contribution is -2.37. The summed E-state index contributed by atoms with van der Waals surface area (Å²) in [6.45, 7) is 1.51. The van der Waals surface area contributed by atoms with Crippen molar-refractivity contribution in [3.05, 3.63) is 24.3 Å². The smallest absolute Gasteiger partial charge is 0.425 e. The van der Waals surface area contributed by atoms with Gasteiger partial charge in [-0.2, -0.15) is 13.2 Å². The van der Waals surface area contributed by atoms with Crippen LogP contribution < -0.4 is 9.64 Å². The van der Waals surface area contributed by atoms with Crippen LogP contribution in [-0.4, -0.2) is 30.5 Å². The van der Waals surface area contributed by atoms with E-state index in [4.69, 9.17) is 4.74 Å². The zero-order valence-corrected chi connectivity index (χ0v) is 13.9.